The fraction of sp³-hybridized carbons (Fsp3) is 0.500. The molecule has 196 valence electrons. The summed E-state index contributed by atoms with van der Waals surface area (Å²) in [4.78, 5) is 25.1. The summed E-state index contributed by atoms with van der Waals surface area (Å²) in [6.07, 6.45) is 2.20. The lowest BCUT2D eigenvalue weighted by atomic mass is 10.1. The minimum atomic E-state index is -2.76. The van der Waals surface area contributed by atoms with Gasteiger partial charge in [0.1, 0.15) is 11.8 Å². The van der Waals surface area contributed by atoms with Crippen LogP contribution in [-0.2, 0) is 9.53 Å². The molecule has 1 amide bonds. The van der Waals surface area contributed by atoms with Crippen LogP contribution in [0.2, 0.25) is 0 Å². The third-order valence-electron chi connectivity index (χ3n) is 7.54. The Morgan fingerprint density at radius 3 is 2.57 bits per heavy atom. The molecule has 0 spiro atoms. The largest absolute Gasteiger partial charge is 0.476 e. The lowest BCUT2D eigenvalue weighted by Crippen LogP contribution is -2.56. The van der Waals surface area contributed by atoms with Gasteiger partial charge in [-0.05, 0) is 30.5 Å². The average Bonchev–Trinajstić information content (AvgIpc) is 3.50. The number of halogens is 2. The van der Waals surface area contributed by atoms with E-state index in [4.69, 9.17) is 9.47 Å². The summed E-state index contributed by atoms with van der Waals surface area (Å²) in [5, 5.41) is 2.80. The summed E-state index contributed by atoms with van der Waals surface area (Å²) in [6.45, 7) is 3.77. The molecule has 3 aliphatic rings. The first-order valence-electron chi connectivity index (χ1n) is 12.8. The number of rotatable bonds is 8. The molecule has 1 N–H and O–H groups in total. The van der Waals surface area contributed by atoms with E-state index >= 15 is 0 Å². The molecule has 3 aromatic rings. The number of anilines is 1. The molecular formula is C26H30F2N6O3. The van der Waals surface area contributed by atoms with Gasteiger partial charge in [-0.3, -0.25) is 14.3 Å². The number of alkyl halides is 2. The van der Waals surface area contributed by atoms with Crippen molar-refractivity contribution in [1.82, 2.24) is 24.8 Å². The van der Waals surface area contributed by atoms with Crippen molar-refractivity contribution < 1.29 is 23.0 Å². The van der Waals surface area contributed by atoms with Gasteiger partial charge in [0.15, 0.2) is 0 Å². The van der Waals surface area contributed by atoms with E-state index in [9.17, 15) is 13.6 Å². The number of aromatic nitrogens is 3. The molecule has 9 nitrogen and oxygen atoms in total. The number of ether oxygens (including phenoxy) is 2. The summed E-state index contributed by atoms with van der Waals surface area (Å²) in [5.41, 5.74) is 3.19. The summed E-state index contributed by atoms with van der Waals surface area (Å²) >= 11 is 0. The third-order valence-corrected chi connectivity index (χ3v) is 7.54. The monoisotopic (exact) mass is 512 g/mol. The summed E-state index contributed by atoms with van der Waals surface area (Å²) in [6, 6.07) is 10.4. The number of hydrogen-bond acceptors (Lipinski definition) is 7. The zero-order valence-electron chi connectivity index (χ0n) is 20.5. The topological polar surface area (TPSA) is 84.8 Å². The van der Waals surface area contributed by atoms with E-state index in [0.717, 1.165) is 61.5 Å². The molecule has 3 fully saturated rings. The summed E-state index contributed by atoms with van der Waals surface area (Å²) in [7, 11) is 0. The van der Waals surface area contributed by atoms with E-state index in [1.54, 1.807) is 6.07 Å². The lowest BCUT2D eigenvalue weighted by Gasteiger charge is -2.43. The number of benzene rings is 1. The van der Waals surface area contributed by atoms with E-state index in [1.807, 2.05) is 12.1 Å². The third kappa shape index (κ3) is 4.97. The van der Waals surface area contributed by atoms with Gasteiger partial charge in [-0.1, -0.05) is 12.1 Å². The Hall–Kier alpha value is -3.31. The number of carbonyl (C=O) groups is 1. The van der Waals surface area contributed by atoms with E-state index in [0.29, 0.717) is 36.6 Å². The van der Waals surface area contributed by atoms with Crippen LogP contribution in [0, 0.1) is 5.92 Å². The second kappa shape index (κ2) is 10.2. The molecule has 0 saturated carbocycles. The molecule has 3 aliphatic heterocycles. The van der Waals surface area contributed by atoms with Crippen LogP contribution in [0.5, 0.6) is 5.88 Å². The number of imidazole rings is 1. The molecule has 3 saturated heterocycles. The van der Waals surface area contributed by atoms with Crippen LogP contribution < -0.4 is 15.0 Å². The summed E-state index contributed by atoms with van der Waals surface area (Å²) in [5.74, 6) is 0.326. The number of carbonyl (C=O) groups excluding carboxylic acids is 1. The number of nitrogens with zero attached hydrogens (tertiary/aromatic N) is 5. The van der Waals surface area contributed by atoms with Crippen molar-refractivity contribution in [3.8, 4) is 17.1 Å². The van der Waals surface area contributed by atoms with Crippen LogP contribution in [0.25, 0.3) is 22.3 Å². The number of pyridine rings is 1. The summed E-state index contributed by atoms with van der Waals surface area (Å²) < 4.78 is 39.3. The van der Waals surface area contributed by atoms with Gasteiger partial charge in [-0.2, -0.15) is 8.78 Å². The van der Waals surface area contributed by atoms with Gasteiger partial charge in [0.25, 0.3) is 0 Å². The maximum atomic E-state index is 13.6. The van der Waals surface area contributed by atoms with Crippen molar-refractivity contribution in [2.45, 2.75) is 25.4 Å². The zero-order chi connectivity index (χ0) is 25.4. The van der Waals surface area contributed by atoms with E-state index in [2.05, 4.69) is 37.2 Å². The highest BCUT2D eigenvalue weighted by Crippen LogP contribution is 2.32. The molecule has 0 unspecified atom stereocenters. The fourth-order valence-corrected chi connectivity index (χ4v) is 5.24. The van der Waals surface area contributed by atoms with Crippen LogP contribution in [-0.4, -0.2) is 83.9 Å². The van der Waals surface area contributed by atoms with Crippen molar-refractivity contribution in [2.24, 2.45) is 5.92 Å². The van der Waals surface area contributed by atoms with Gasteiger partial charge in [0, 0.05) is 50.4 Å². The molecule has 6 rings (SSSR count). The first kappa shape index (κ1) is 24.1. The Morgan fingerprint density at radius 2 is 1.92 bits per heavy atom. The van der Waals surface area contributed by atoms with Gasteiger partial charge in [-0.15, -0.1) is 0 Å². The maximum Gasteiger partial charge on any atom is 0.320 e. The number of hydrogen-bond donors (Lipinski definition) is 1. The SMILES string of the molecule is O=C1C[C@@H](CCOc2nc(-c3ccc(N4CCN(C5COC5)CC4)cc3)cc3ncn(C(F)F)c23)CN1. The van der Waals surface area contributed by atoms with Crippen molar-refractivity contribution in [3.05, 3.63) is 36.7 Å². The first-order valence-corrected chi connectivity index (χ1v) is 12.8. The molecule has 11 heteroatoms. The highest BCUT2D eigenvalue weighted by Gasteiger charge is 2.29. The molecule has 2 aromatic heterocycles. The van der Waals surface area contributed by atoms with Crippen molar-refractivity contribution >= 4 is 22.6 Å². The van der Waals surface area contributed by atoms with E-state index in [-0.39, 0.29) is 29.8 Å². The van der Waals surface area contributed by atoms with Gasteiger partial charge in [-0.25, -0.2) is 9.97 Å². The van der Waals surface area contributed by atoms with Crippen LogP contribution in [0.15, 0.2) is 36.7 Å². The second-order valence-electron chi connectivity index (χ2n) is 9.88. The maximum absolute atomic E-state index is 13.6. The predicted octanol–water partition coefficient (Wildman–Crippen LogP) is 2.92. The first-order chi connectivity index (χ1) is 18.0. The Morgan fingerprint density at radius 1 is 1.14 bits per heavy atom. The highest BCUT2D eigenvalue weighted by molar-refractivity contribution is 5.85. The van der Waals surface area contributed by atoms with Crippen LogP contribution in [0.3, 0.4) is 0 Å². The van der Waals surface area contributed by atoms with Crippen molar-refractivity contribution in [3.63, 3.8) is 0 Å². The van der Waals surface area contributed by atoms with Crippen molar-refractivity contribution in [1.29, 1.82) is 0 Å². The van der Waals surface area contributed by atoms with Gasteiger partial charge < -0.3 is 19.7 Å². The smallest absolute Gasteiger partial charge is 0.320 e. The van der Waals surface area contributed by atoms with E-state index in [1.165, 1.54) is 0 Å². The van der Waals surface area contributed by atoms with Crippen LogP contribution >= 0.6 is 0 Å². The normalized spacial score (nSPS) is 21.0. The molecule has 37 heavy (non-hydrogen) atoms. The second-order valence-corrected chi connectivity index (χ2v) is 9.88. The lowest BCUT2D eigenvalue weighted by molar-refractivity contribution is -0.119. The molecule has 1 atom stereocenters. The molecule has 5 heterocycles. The number of amides is 1. The van der Waals surface area contributed by atoms with Crippen molar-refractivity contribution in [2.75, 3.05) is 57.4 Å². The Bertz CT molecular complexity index is 1260. The van der Waals surface area contributed by atoms with Gasteiger partial charge in [0.05, 0.1) is 37.1 Å². The van der Waals surface area contributed by atoms with E-state index < -0.39 is 6.55 Å². The van der Waals surface area contributed by atoms with Crippen LogP contribution in [0.4, 0.5) is 14.5 Å². The number of fused-ring (bicyclic) bond motifs is 1. The number of nitrogens with one attached hydrogen (secondary N) is 1. The van der Waals surface area contributed by atoms with Gasteiger partial charge in [0.2, 0.25) is 11.8 Å². The molecule has 0 bridgehead atoms. The number of piperazine rings is 1. The van der Waals surface area contributed by atoms with Crippen LogP contribution in [0.1, 0.15) is 19.4 Å². The Kier molecular flexibility index (Phi) is 6.64. The molecule has 0 radical (unpaired) electrons. The average molecular weight is 513 g/mol. The molecule has 0 aliphatic carbocycles. The fourth-order valence-electron chi connectivity index (χ4n) is 5.24. The highest BCUT2D eigenvalue weighted by atomic mass is 19.3. The molecular weight excluding hydrogens is 482 g/mol. The molecule has 1 aromatic carbocycles. The quantitative estimate of drug-likeness (QED) is 0.497. The zero-order valence-corrected chi connectivity index (χ0v) is 20.5. The Balaban J connectivity index is 1.19. The standard InChI is InChI=1S/C26H30F2N6O3/c27-26(28)34-16-30-22-12-21(31-25(24(22)34)37-10-5-17-11-23(35)29-13-17)18-1-3-19(4-2-18)32-6-8-33(9-7-32)20-14-36-15-20/h1-4,12,16-17,20,26H,5-11,13-15H2,(H,29,35)/t17-/m1/s1. The predicted molar refractivity (Wildman–Crippen MR) is 134 cm³/mol. The minimum Gasteiger partial charge on any atom is -0.476 e. The minimum absolute atomic E-state index is 0.0292. The van der Waals surface area contributed by atoms with Gasteiger partial charge >= 0.3 is 6.55 Å². The Labute approximate surface area is 213 Å².